The molecule has 18 heavy (non-hydrogen) atoms. The van der Waals surface area contributed by atoms with Crippen molar-refractivity contribution in [2.75, 3.05) is 13.7 Å². The van der Waals surface area contributed by atoms with Gasteiger partial charge in [-0.05, 0) is 26.7 Å². The van der Waals surface area contributed by atoms with Gasteiger partial charge in [-0.25, -0.2) is 4.98 Å². The molecule has 0 spiro atoms. The molecule has 5 heteroatoms. The van der Waals surface area contributed by atoms with E-state index in [4.69, 9.17) is 9.47 Å². The summed E-state index contributed by atoms with van der Waals surface area (Å²) in [5.41, 5.74) is 1.01. The lowest BCUT2D eigenvalue weighted by atomic mass is 10.3. The van der Waals surface area contributed by atoms with Crippen molar-refractivity contribution in [2.24, 2.45) is 0 Å². The lowest BCUT2D eigenvalue weighted by molar-refractivity contribution is 0.0879. The van der Waals surface area contributed by atoms with Crippen molar-refractivity contribution in [3.8, 4) is 5.88 Å². The summed E-state index contributed by atoms with van der Waals surface area (Å²) in [6.07, 6.45) is 4.36. The van der Waals surface area contributed by atoms with Crippen LogP contribution in [0.15, 0.2) is 6.20 Å². The number of nitrogens with zero attached hydrogens (tertiary/aromatic N) is 2. The third-order valence-electron chi connectivity index (χ3n) is 2.82. The van der Waals surface area contributed by atoms with Crippen LogP contribution in [0.4, 0.5) is 0 Å². The van der Waals surface area contributed by atoms with Gasteiger partial charge in [0, 0.05) is 31.5 Å². The first-order chi connectivity index (χ1) is 8.69. The van der Waals surface area contributed by atoms with Crippen molar-refractivity contribution in [2.45, 2.75) is 45.4 Å². The van der Waals surface area contributed by atoms with Gasteiger partial charge in [-0.1, -0.05) is 0 Å². The van der Waals surface area contributed by atoms with Gasteiger partial charge in [0.2, 0.25) is 5.88 Å². The molecule has 1 fully saturated rings. The van der Waals surface area contributed by atoms with E-state index in [9.17, 15) is 0 Å². The maximum atomic E-state index is 5.80. The molecule has 1 aliphatic rings. The van der Waals surface area contributed by atoms with Gasteiger partial charge in [-0.3, -0.25) is 0 Å². The van der Waals surface area contributed by atoms with E-state index in [-0.39, 0.29) is 6.10 Å². The molecule has 0 aliphatic heterocycles. The summed E-state index contributed by atoms with van der Waals surface area (Å²) >= 11 is 0. The molecule has 0 aromatic carbocycles. The minimum Gasteiger partial charge on any atom is -0.472 e. The van der Waals surface area contributed by atoms with E-state index in [2.05, 4.69) is 15.3 Å². The first kappa shape index (κ1) is 13.2. The number of hydrogen-bond acceptors (Lipinski definition) is 5. The van der Waals surface area contributed by atoms with Gasteiger partial charge in [-0.2, -0.15) is 4.98 Å². The molecular formula is C13H21N3O2. The summed E-state index contributed by atoms with van der Waals surface area (Å²) in [6, 6.07) is 0.663. The van der Waals surface area contributed by atoms with E-state index in [1.165, 1.54) is 12.8 Å². The highest BCUT2D eigenvalue weighted by Crippen LogP contribution is 2.21. The van der Waals surface area contributed by atoms with Crippen molar-refractivity contribution in [1.29, 1.82) is 0 Å². The summed E-state index contributed by atoms with van der Waals surface area (Å²) in [4.78, 5) is 8.59. The van der Waals surface area contributed by atoms with Gasteiger partial charge >= 0.3 is 0 Å². The Hall–Kier alpha value is -1.20. The predicted octanol–water partition coefficient (Wildman–Crippen LogP) is 1.45. The molecule has 1 unspecified atom stereocenters. The molecule has 1 aliphatic carbocycles. The second-order valence-electron chi connectivity index (χ2n) is 4.79. The third-order valence-corrected chi connectivity index (χ3v) is 2.82. The molecule has 5 nitrogen and oxygen atoms in total. The van der Waals surface area contributed by atoms with Crippen molar-refractivity contribution >= 4 is 0 Å². The minimum atomic E-state index is -0.0102. The van der Waals surface area contributed by atoms with Crippen LogP contribution in [0.1, 0.15) is 31.2 Å². The normalized spacial score (nSPS) is 16.6. The summed E-state index contributed by atoms with van der Waals surface area (Å²) in [6.45, 7) is 5.16. The highest BCUT2D eigenvalue weighted by atomic mass is 16.5. The fourth-order valence-corrected chi connectivity index (χ4v) is 1.70. The van der Waals surface area contributed by atoms with Crippen LogP contribution in [-0.4, -0.2) is 35.8 Å². The SMILES string of the molecule is COCC(C)Oc1nc(C)ncc1CNC1CC1. The largest absolute Gasteiger partial charge is 0.472 e. The Kier molecular flexibility index (Phi) is 4.49. The molecule has 0 bridgehead atoms. The monoisotopic (exact) mass is 251 g/mol. The Balaban J connectivity index is 2.01. The lowest BCUT2D eigenvalue weighted by Crippen LogP contribution is -2.22. The fraction of sp³-hybridized carbons (Fsp3) is 0.692. The molecule has 2 rings (SSSR count). The number of methoxy groups -OCH3 is 1. The number of aryl methyl sites for hydroxylation is 1. The number of rotatable bonds is 7. The molecule has 1 aromatic rings. The summed E-state index contributed by atoms with van der Waals surface area (Å²) in [5, 5.41) is 3.45. The van der Waals surface area contributed by atoms with Gasteiger partial charge in [0.25, 0.3) is 0 Å². The predicted molar refractivity (Wildman–Crippen MR) is 68.6 cm³/mol. The van der Waals surface area contributed by atoms with Crippen molar-refractivity contribution in [3.05, 3.63) is 17.6 Å². The smallest absolute Gasteiger partial charge is 0.221 e. The van der Waals surface area contributed by atoms with Crippen molar-refractivity contribution < 1.29 is 9.47 Å². The number of nitrogens with one attached hydrogen (secondary N) is 1. The van der Waals surface area contributed by atoms with E-state index in [1.807, 2.05) is 20.0 Å². The first-order valence-corrected chi connectivity index (χ1v) is 6.40. The lowest BCUT2D eigenvalue weighted by Gasteiger charge is -2.16. The second kappa shape index (κ2) is 6.11. The fourth-order valence-electron chi connectivity index (χ4n) is 1.70. The van der Waals surface area contributed by atoms with Crippen LogP contribution < -0.4 is 10.1 Å². The maximum absolute atomic E-state index is 5.80. The third kappa shape index (κ3) is 3.92. The Morgan fingerprint density at radius 2 is 2.28 bits per heavy atom. The van der Waals surface area contributed by atoms with Crippen LogP contribution in [-0.2, 0) is 11.3 Å². The molecule has 0 amide bonds. The average Bonchev–Trinajstić information content (AvgIpc) is 3.12. The Labute approximate surface area is 108 Å². The van der Waals surface area contributed by atoms with Crippen LogP contribution in [0, 0.1) is 6.92 Å². The number of ether oxygens (including phenoxy) is 2. The van der Waals surface area contributed by atoms with Gasteiger partial charge in [-0.15, -0.1) is 0 Å². The first-order valence-electron chi connectivity index (χ1n) is 6.40. The molecule has 1 atom stereocenters. The van der Waals surface area contributed by atoms with E-state index in [0.717, 1.165) is 17.9 Å². The van der Waals surface area contributed by atoms with Gasteiger partial charge in [0.15, 0.2) is 0 Å². The highest BCUT2D eigenvalue weighted by molar-refractivity contribution is 5.24. The number of aromatic nitrogens is 2. The molecule has 1 saturated carbocycles. The number of hydrogen-bond donors (Lipinski definition) is 1. The Morgan fingerprint density at radius 1 is 1.50 bits per heavy atom. The summed E-state index contributed by atoms with van der Waals surface area (Å²) in [7, 11) is 1.67. The maximum Gasteiger partial charge on any atom is 0.221 e. The zero-order chi connectivity index (χ0) is 13.0. The molecular weight excluding hydrogens is 230 g/mol. The molecule has 1 aromatic heterocycles. The van der Waals surface area contributed by atoms with E-state index < -0.39 is 0 Å². The van der Waals surface area contributed by atoms with Crippen LogP contribution in [0.5, 0.6) is 5.88 Å². The van der Waals surface area contributed by atoms with Gasteiger partial charge in [0.1, 0.15) is 11.9 Å². The van der Waals surface area contributed by atoms with Gasteiger partial charge < -0.3 is 14.8 Å². The molecule has 0 radical (unpaired) electrons. The standard InChI is InChI=1S/C13H21N3O2/c1-9(8-17-3)18-13-11(6-14-10(2)16-13)7-15-12-4-5-12/h6,9,12,15H,4-5,7-8H2,1-3H3. The topological polar surface area (TPSA) is 56.3 Å². The van der Waals surface area contributed by atoms with Crippen molar-refractivity contribution in [1.82, 2.24) is 15.3 Å². The minimum absolute atomic E-state index is 0.0102. The van der Waals surface area contributed by atoms with Crippen LogP contribution in [0.2, 0.25) is 0 Å². The zero-order valence-electron chi connectivity index (χ0n) is 11.3. The molecule has 100 valence electrons. The zero-order valence-corrected chi connectivity index (χ0v) is 11.3. The highest BCUT2D eigenvalue weighted by Gasteiger charge is 2.21. The van der Waals surface area contributed by atoms with E-state index >= 15 is 0 Å². The van der Waals surface area contributed by atoms with Crippen LogP contribution in [0.25, 0.3) is 0 Å². The quantitative estimate of drug-likeness (QED) is 0.795. The summed E-state index contributed by atoms with van der Waals surface area (Å²) < 4.78 is 10.9. The van der Waals surface area contributed by atoms with E-state index in [0.29, 0.717) is 18.5 Å². The van der Waals surface area contributed by atoms with Crippen LogP contribution in [0.3, 0.4) is 0 Å². The molecule has 0 saturated heterocycles. The molecule has 1 N–H and O–H groups in total. The van der Waals surface area contributed by atoms with Crippen molar-refractivity contribution in [3.63, 3.8) is 0 Å². The second-order valence-corrected chi connectivity index (χ2v) is 4.79. The van der Waals surface area contributed by atoms with E-state index in [1.54, 1.807) is 7.11 Å². The molecule has 1 heterocycles. The Bertz CT molecular complexity index is 394. The Morgan fingerprint density at radius 3 is 2.94 bits per heavy atom. The van der Waals surface area contributed by atoms with Gasteiger partial charge in [0.05, 0.1) is 6.61 Å². The van der Waals surface area contributed by atoms with Crippen LogP contribution >= 0.6 is 0 Å². The summed E-state index contributed by atoms with van der Waals surface area (Å²) in [5.74, 6) is 1.39. The average molecular weight is 251 g/mol.